The molecule has 1 aromatic rings. The van der Waals surface area contributed by atoms with Crippen LogP contribution in [0.4, 0.5) is 0 Å². The molecule has 1 fully saturated rings. The van der Waals surface area contributed by atoms with E-state index in [1.54, 1.807) is 6.07 Å². The Morgan fingerprint density at radius 1 is 1.21 bits per heavy atom. The molecule has 1 atom stereocenters. The summed E-state index contributed by atoms with van der Waals surface area (Å²) in [5, 5.41) is 11.7. The van der Waals surface area contributed by atoms with Crippen molar-refractivity contribution >= 4 is 23.2 Å². The topological polar surface area (TPSA) is 20.2 Å². The fourth-order valence-electron chi connectivity index (χ4n) is 3.06. The van der Waals surface area contributed by atoms with Crippen molar-refractivity contribution in [2.45, 2.75) is 51.6 Å². The third-order valence-electron chi connectivity index (χ3n) is 4.46. The maximum Gasteiger partial charge on any atom is 0.0609 e. The van der Waals surface area contributed by atoms with E-state index in [1.165, 1.54) is 19.3 Å². The molecular formula is C16H22Cl2O. The largest absolute Gasteiger partial charge is 0.392 e. The molecule has 1 aliphatic carbocycles. The molecule has 1 unspecified atom stereocenters. The van der Waals surface area contributed by atoms with Gasteiger partial charge in [-0.25, -0.2) is 0 Å². The zero-order chi connectivity index (χ0) is 13.8. The number of aliphatic hydroxyl groups excluding tert-OH is 1. The average Bonchev–Trinajstić information content (AvgIpc) is 2.42. The van der Waals surface area contributed by atoms with Crippen LogP contribution >= 0.6 is 23.2 Å². The standard InChI is InChI=1S/C16H22Cl2O/c1-2-11-3-5-12(6-4-11)16(19)9-13-7-8-14(17)10-15(13)18/h7-8,10-12,16,19H,2-6,9H2,1H3. The van der Waals surface area contributed by atoms with Gasteiger partial charge in [0, 0.05) is 16.5 Å². The van der Waals surface area contributed by atoms with Gasteiger partial charge >= 0.3 is 0 Å². The normalized spacial score (nSPS) is 25.3. The first-order chi connectivity index (χ1) is 9.10. The first-order valence-corrected chi connectivity index (χ1v) is 7.97. The Kier molecular flexibility index (Phi) is 5.56. The summed E-state index contributed by atoms with van der Waals surface area (Å²) in [5.41, 5.74) is 0.996. The second-order valence-corrected chi connectivity index (χ2v) is 6.54. The van der Waals surface area contributed by atoms with E-state index in [-0.39, 0.29) is 6.10 Å². The van der Waals surface area contributed by atoms with Crippen molar-refractivity contribution in [3.05, 3.63) is 33.8 Å². The average molecular weight is 301 g/mol. The molecular weight excluding hydrogens is 279 g/mol. The van der Waals surface area contributed by atoms with Crippen LogP contribution in [0, 0.1) is 11.8 Å². The highest BCUT2D eigenvalue weighted by atomic mass is 35.5. The smallest absolute Gasteiger partial charge is 0.0609 e. The van der Waals surface area contributed by atoms with Crippen molar-refractivity contribution in [2.24, 2.45) is 11.8 Å². The summed E-state index contributed by atoms with van der Waals surface area (Å²) in [6.07, 6.45) is 6.43. The molecule has 1 aromatic carbocycles. The quantitative estimate of drug-likeness (QED) is 0.819. The van der Waals surface area contributed by atoms with Crippen molar-refractivity contribution in [3.63, 3.8) is 0 Å². The molecule has 0 amide bonds. The van der Waals surface area contributed by atoms with Crippen molar-refractivity contribution in [1.29, 1.82) is 0 Å². The van der Waals surface area contributed by atoms with Crippen LogP contribution in [-0.2, 0) is 6.42 Å². The second kappa shape index (κ2) is 6.97. The summed E-state index contributed by atoms with van der Waals surface area (Å²) in [6, 6.07) is 5.51. The molecule has 0 radical (unpaired) electrons. The van der Waals surface area contributed by atoms with Crippen molar-refractivity contribution in [3.8, 4) is 0 Å². The van der Waals surface area contributed by atoms with Crippen LogP contribution in [0.1, 0.15) is 44.6 Å². The van der Waals surface area contributed by atoms with E-state index < -0.39 is 0 Å². The summed E-state index contributed by atoms with van der Waals surface area (Å²) in [7, 11) is 0. The molecule has 106 valence electrons. The van der Waals surface area contributed by atoms with Gasteiger partial charge in [0.2, 0.25) is 0 Å². The Hall–Kier alpha value is -0.240. The molecule has 0 saturated heterocycles. The van der Waals surface area contributed by atoms with E-state index in [0.717, 1.165) is 24.3 Å². The molecule has 0 spiro atoms. The fraction of sp³-hybridized carbons (Fsp3) is 0.625. The highest BCUT2D eigenvalue weighted by molar-refractivity contribution is 6.35. The molecule has 2 rings (SSSR count). The highest BCUT2D eigenvalue weighted by Crippen LogP contribution is 2.34. The van der Waals surface area contributed by atoms with Crippen molar-refractivity contribution < 1.29 is 5.11 Å². The first kappa shape index (κ1) is 15.2. The van der Waals surface area contributed by atoms with Gasteiger partial charge in [0.05, 0.1) is 6.10 Å². The maximum atomic E-state index is 10.4. The number of aliphatic hydroxyl groups is 1. The van der Waals surface area contributed by atoms with E-state index in [9.17, 15) is 5.11 Å². The van der Waals surface area contributed by atoms with E-state index in [2.05, 4.69) is 6.92 Å². The maximum absolute atomic E-state index is 10.4. The van der Waals surface area contributed by atoms with Crippen molar-refractivity contribution in [1.82, 2.24) is 0 Å². The number of hydrogen-bond acceptors (Lipinski definition) is 1. The van der Waals surface area contributed by atoms with Gasteiger partial charge in [0.1, 0.15) is 0 Å². The Labute approximate surface area is 125 Å². The SMILES string of the molecule is CCC1CCC(C(O)Cc2ccc(Cl)cc2Cl)CC1. The molecule has 3 heteroatoms. The number of benzene rings is 1. The molecule has 19 heavy (non-hydrogen) atoms. The van der Waals surface area contributed by atoms with Gasteiger partial charge in [-0.15, -0.1) is 0 Å². The molecule has 0 aliphatic heterocycles. The Morgan fingerprint density at radius 3 is 2.47 bits per heavy atom. The first-order valence-electron chi connectivity index (χ1n) is 7.22. The molecule has 0 heterocycles. The fourth-order valence-corrected chi connectivity index (χ4v) is 3.55. The minimum absolute atomic E-state index is 0.281. The van der Waals surface area contributed by atoms with Crippen LogP contribution in [0.5, 0.6) is 0 Å². The highest BCUT2D eigenvalue weighted by Gasteiger charge is 2.26. The lowest BCUT2D eigenvalue weighted by molar-refractivity contribution is 0.0735. The molecule has 0 aromatic heterocycles. The van der Waals surface area contributed by atoms with Crippen molar-refractivity contribution in [2.75, 3.05) is 0 Å². The minimum Gasteiger partial charge on any atom is -0.392 e. The predicted molar refractivity (Wildman–Crippen MR) is 81.9 cm³/mol. The van der Waals surface area contributed by atoms with Gasteiger partial charge in [-0.05, 0) is 42.4 Å². The third-order valence-corrected chi connectivity index (χ3v) is 5.04. The van der Waals surface area contributed by atoms with E-state index in [1.807, 2.05) is 12.1 Å². The summed E-state index contributed by atoms with van der Waals surface area (Å²) < 4.78 is 0. The van der Waals surface area contributed by atoms with Gasteiger partial charge in [0.15, 0.2) is 0 Å². The predicted octanol–water partition coefficient (Wildman–Crippen LogP) is 5.11. The minimum atomic E-state index is -0.281. The van der Waals surface area contributed by atoms with E-state index in [4.69, 9.17) is 23.2 Å². The Bertz CT molecular complexity index is 411. The Morgan fingerprint density at radius 2 is 1.89 bits per heavy atom. The number of halogens is 2. The van der Waals surface area contributed by atoms with Crippen LogP contribution in [0.2, 0.25) is 10.0 Å². The molecule has 0 bridgehead atoms. The zero-order valence-corrected chi connectivity index (χ0v) is 12.9. The summed E-state index contributed by atoms with van der Waals surface area (Å²) in [6.45, 7) is 2.26. The van der Waals surface area contributed by atoms with Gasteiger partial charge in [-0.1, -0.05) is 55.5 Å². The lowest BCUT2D eigenvalue weighted by Gasteiger charge is -2.31. The summed E-state index contributed by atoms with van der Waals surface area (Å²) in [5.74, 6) is 1.29. The number of rotatable bonds is 4. The van der Waals surface area contributed by atoms with Crippen LogP contribution in [0.15, 0.2) is 18.2 Å². The van der Waals surface area contributed by atoms with Gasteiger partial charge < -0.3 is 5.11 Å². The van der Waals surface area contributed by atoms with Crippen LogP contribution in [-0.4, -0.2) is 11.2 Å². The van der Waals surface area contributed by atoms with Gasteiger partial charge in [-0.2, -0.15) is 0 Å². The monoisotopic (exact) mass is 300 g/mol. The molecule has 1 saturated carbocycles. The van der Waals surface area contributed by atoms with E-state index in [0.29, 0.717) is 22.4 Å². The van der Waals surface area contributed by atoms with Crippen LogP contribution in [0.3, 0.4) is 0 Å². The van der Waals surface area contributed by atoms with Gasteiger partial charge in [0.25, 0.3) is 0 Å². The zero-order valence-electron chi connectivity index (χ0n) is 11.4. The summed E-state index contributed by atoms with van der Waals surface area (Å²) >= 11 is 12.0. The third kappa shape index (κ3) is 4.11. The second-order valence-electron chi connectivity index (χ2n) is 5.70. The van der Waals surface area contributed by atoms with Crippen LogP contribution < -0.4 is 0 Å². The lowest BCUT2D eigenvalue weighted by Crippen LogP contribution is -2.27. The number of hydrogen-bond donors (Lipinski definition) is 1. The lowest BCUT2D eigenvalue weighted by atomic mass is 9.77. The summed E-state index contributed by atoms with van der Waals surface area (Å²) in [4.78, 5) is 0. The van der Waals surface area contributed by atoms with Gasteiger partial charge in [-0.3, -0.25) is 0 Å². The van der Waals surface area contributed by atoms with Crippen LogP contribution in [0.25, 0.3) is 0 Å². The molecule has 1 N–H and O–H groups in total. The molecule has 1 aliphatic rings. The molecule has 1 nitrogen and oxygen atoms in total. The Balaban J connectivity index is 1.92. The van der Waals surface area contributed by atoms with E-state index >= 15 is 0 Å².